The van der Waals surface area contributed by atoms with Crippen molar-refractivity contribution < 1.29 is 0 Å². The Bertz CT molecular complexity index is 911. The van der Waals surface area contributed by atoms with Crippen LogP contribution < -0.4 is 11.2 Å². The molecule has 1 aromatic heterocycles. The fraction of sp³-hybridized carbons (Fsp3) is 0.150. The Hall–Kier alpha value is -2.99. The zero-order valence-electron chi connectivity index (χ0n) is 14.8. The lowest BCUT2D eigenvalue weighted by atomic mass is 10.00. The van der Waals surface area contributed by atoms with Gasteiger partial charge in [0.25, 0.3) is 0 Å². The molecule has 2 aromatic carbocycles. The van der Waals surface area contributed by atoms with Gasteiger partial charge in [-0.05, 0) is 35.8 Å². The summed E-state index contributed by atoms with van der Waals surface area (Å²) in [4.78, 5) is 0. The van der Waals surface area contributed by atoms with E-state index in [1.54, 1.807) is 6.21 Å². The predicted molar refractivity (Wildman–Crippen MR) is 111 cm³/mol. The van der Waals surface area contributed by atoms with Crippen molar-refractivity contribution in [3.8, 4) is 16.9 Å². The summed E-state index contributed by atoms with van der Waals surface area (Å²) in [5.74, 6) is 0.488. The molecule has 6 heteroatoms. The number of aromatic nitrogens is 2. The Balaban J connectivity index is 2.02. The fourth-order valence-electron chi connectivity index (χ4n) is 2.61. The first-order valence-corrected chi connectivity index (χ1v) is 8.79. The van der Waals surface area contributed by atoms with Crippen molar-refractivity contribution in [3.05, 3.63) is 71.9 Å². The molecule has 0 amide bonds. The summed E-state index contributed by atoms with van der Waals surface area (Å²) in [5, 5.41) is 8.97. The van der Waals surface area contributed by atoms with Crippen molar-refractivity contribution in [2.24, 2.45) is 10.8 Å². The van der Waals surface area contributed by atoms with Gasteiger partial charge in [-0.25, -0.2) is 4.68 Å². The zero-order chi connectivity index (χ0) is 18.5. The van der Waals surface area contributed by atoms with Gasteiger partial charge < -0.3 is 5.73 Å². The zero-order valence-corrected chi connectivity index (χ0v) is 15.6. The molecular weight excluding hydrogens is 342 g/mol. The standard InChI is InChI=1S/C20H21N5S/c1-14(2)15-8-10-16(11-9-15)19-17(12-22-23-20(21)26)13-25(24-19)18-6-4-3-5-7-18/h3-14H,1-2H3,(H3,21,23,26)/b22-12+. The number of hydrogen-bond acceptors (Lipinski definition) is 3. The molecule has 3 rings (SSSR count). The van der Waals surface area contributed by atoms with E-state index in [9.17, 15) is 0 Å². The van der Waals surface area contributed by atoms with Gasteiger partial charge in [0.15, 0.2) is 5.11 Å². The lowest BCUT2D eigenvalue weighted by molar-refractivity contribution is 0.866. The van der Waals surface area contributed by atoms with Crippen molar-refractivity contribution in [2.75, 3.05) is 0 Å². The van der Waals surface area contributed by atoms with Crippen LogP contribution in [0.2, 0.25) is 0 Å². The Kier molecular flexibility index (Phi) is 5.43. The Morgan fingerprint density at radius 3 is 2.46 bits per heavy atom. The first-order valence-electron chi connectivity index (χ1n) is 8.38. The van der Waals surface area contributed by atoms with Crippen molar-refractivity contribution >= 4 is 23.5 Å². The third-order valence-electron chi connectivity index (χ3n) is 3.99. The predicted octanol–water partition coefficient (Wildman–Crippen LogP) is 3.83. The molecular formula is C20H21N5S. The summed E-state index contributed by atoms with van der Waals surface area (Å²) in [7, 11) is 0. The van der Waals surface area contributed by atoms with Crippen LogP contribution >= 0.6 is 12.2 Å². The Morgan fingerprint density at radius 2 is 1.85 bits per heavy atom. The molecule has 0 radical (unpaired) electrons. The smallest absolute Gasteiger partial charge is 0.184 e. The maximum atomic E-state index is 5.43. The van der Waals surface area contributed by atoms with Crippen molar-refractivity contribution in [1.29, 1.82) is 0 Å². The van der Waals surface area contributed by atoms with Crippen LogP contribution in [0.4, 0.5) is 0 Å². The molecule has 3 N–H and O–H groups in total. The molecule has 1 heterocycles. The van der Waals surface area contributed by atoms with Gasteiger partial charge in [0.05, 0.1) is 11.9 Å². The number of hydrogen-bond donors (Lipinski definition) is 2. The highest BCUT2D eigenvalue weighted by Crippen LogP contribution is 2.25. The van der Waals surface area contributed by atoms with Crippen LogP contribution in [0, 0.1) is 0 Å². The minimum Gasteiger partial charge on any atom is -0.375 e. The maximum Gasteiger partial charge on any atom is 0.184 e. The molecule has 5 nitrogen and oxygen atoms in total. The van der Waals surface area contributed by atoms with Gasteiger partial charge in [0.2, 0.25) is 0 Å². The molecule has 0 saturated heterocycles. The summed E-state index contributed by atoms with van der Waals surface area (Å²) in [6.45, 7) is 4.36. The quantitative estimate of drug-likeness (QED) is 0.411. The van der Waals surface area contributed by atoms with Gasteiger partial charge in [-0.3, -0.25) is 5.43 Å². The van der Waals surface area contributed by atoms with Crippen LogP contribution in [0.25, 0.3) is 16.9 Å². The van der Waals surface area contributed by atoms with Gasteiger partial charge in [-0.2, -0.15) is 10.2 Å². The van der Waals surface area contributed by atoms with E-state index < -0.39 is 0 Å². The van der Waals surface area contributed by atoms with Gasteiger partial charge >= 0.3 is 0 Å². The summed E-state index contributed by atoms with van der Waals surface area (Å²) in [6.07, 6.45) is 3.61. The molecule has 0 aliphatic rings. The highest BCUT2D eigenvalue weighted by atomic mass is 32.1. The average Bonchev–Trinajstić information content (AvgIpc) is 3.06. The molecule has 3 aromatic rings. The Morgan fingerprint density at radius 1 is 1.15 bits per heavy atom. The van der Waals surface area contributed by atoms with Gasteiger partial charge in [-0.1, -0.05) is 56.3 Å². The van der Waals surface area contributed by atoms with Crippen molar-refractivity contribution in [3.63, 3.8) is 0 Å². The van der Waals surface area contributed by atoms with Crippen LogP contribution in [0.3, 0.4) is 0 Å². The number of thiocarbonyl (C=S) groups is 1. The summed E-state index contributed by atoms with van der Waals surface area (Å²) in [6, 6.07) is 18.4. The molecule has 0 saturated carbocycles. The lowest BCUT2D eigenvalue weighted by Gasteiger charge is -2.06. The van der Waals surface area contributed by atoms with Crippen LogP contribution in [0.15, 0.2) is 65.9 Å². The third kappa shape index (κ3) is 4.15. The van der Waals surface area contributed by atoms with Crippen LogP contribution in [0.1, 0.15) is 30.9 Å². The number of para-hydroxylation sites is 1. The SMILES string of the molecule is CC(C)c1ccc(-c2nn(-c3ccccc3)cc2/C=N/NC(N)=S)cc1. The van der Waals surface area contributed by atoms with Crippen LogP contribution in [0.5, 0.6) is 0 Å². The molecule has 0 bridgehead atoms. The van der Waals surface area contributed by atoms with Crippen LogP contribution in [-0.4, -0.2) is 21.1 Å². The van der Waals surface area contributed by atoms with E-state index in [0.29, 0.717) is 5.92 Å². The molecule has 0 spiro atoms. The largest absolute Gasteiger partial charge is 0.375 e. The topological polar surface area (TPSA) is 68.2 Å². The molecule has 0 aliphatic carbocycles. The summed E-state index contributed by atoms with van der Waals surface area (Å²) >= 11 is 4.79. The number of nitrogens with two attached hydrogens (primary N) is 1. The van der Waals surface area contributed by atoms with E-state index >= 15 is 0 Å². The first-order chi connectivity index (χ1) is 12.5. The van der Waals surface area contributed by atoms with Crippen molar-refractivity contribution in [1.82, 2.24) is 15.2 Å². The Labute approximate surface area is 158 Å². The lowest BCUT2D eigenvalue weighted by Crippen LogP contribution is -2.24. The van der Waals surface area contributed by atoms with Gasteiger partial charge in [0, 0.05) is 17.3 Å². The van der Waals surface area contributed by atoms with E-state index in [-0.39, 0.29) is 5.11 Å². The molecule has 26 heavy (non-hydrogen) atoms. The normalized spacial score (nSPS) is 11.2. The van der Waals surface area contributed by atoms with E-state index in [0.717, 1.165) is 22.5 Å². The van der Waals surface area contributed by atoms with E-state index in [4.69, 9.17) is 23.1 Å². The molecule has 0 aliphatic heterocycles. The minimum atomic E-state index is 0.125. The average molecular weight is 363 g/mol. The highest BCUT2D eigenvalue weighted by molar-refractivity contribution is 7.80. The summed E-state index contributed by atoms with van der Waals surface area (Å²) < 4.78 is 1.84. The minimum absolute atomic E-state index is 0.125. The monoisotopic (exact) mass is 363 g/mol. The number of benzene rings is 2. The molecule has 0 fully saturated rings. The number of nitrogens with zero attached hydrogens (tertiary/aromatic N) is 3. The molecule has 0 unspecified atom stereocenters. The van der Waals surface area contributed by atoms with E-state index in [1.165, 1.54) is 5.56 Å². The number of hydrazone groups is 1. The second kappa shape index (κ2) is 7.93. The second-order valence-corrected chi connectivity index (χ2v) is 6.66. The van der Waals surface area contributed by atoms with Gasteiger partial charge in [-0.15, -0.1) is 0 Å². The second-order valence-electron chi connectivity index (χ2n) is 6.22. The molecule has 0 atom stereocenters. The van der Waals surface area contributed by atoms with Gasteiger partial charge in [0.1, 0.15) is 5.69 Å². The van der Waals surface area contributed by atoms with Crippen molar-refractivity contribution in [2.45, 2.75) is 19.8 Å². The number of nitrogens with one attached hydrogen (secondary N) is 1. The maximum absolute atomic E-state index is 5.43. The van der Waals surface area contributed by atoms with E-state index in [2.05, 4.69) is 48.6 Å². The van der Waals surface area contributed by atoms with Crippen LogP contribution in [-0.2, 0) is 0 Å². The fourth-order valence-corrected chi connectivity index (χ4v) is 2.66. The first kappa shape index (κ1) is 17.8. The summed E-state index contributed by atoms with van der Waals surface area (Å²) in [5.41, 5.74) is 13.0. The van der Waals surface area contributed by atoms with E-state index in [1.807, 2.05) is 41.2 Å². The number of rotatable bonds is 5. The molecule has 132 valence electrons. The highest BCUT2D eigenvalue weighted by Gasteiger charge is 2.11. The third-order valence-corrected chi connectivity index (χ3v) is 4.08.